The number of nitrogens with two attached hydrogens (primary N) is 1. The Kier molecular flexibility index (Phi) is 4.52. The Hall–Kier alpha value is -1.63. The van der Waals surface area contributed by atoms with Gasteiger partial charge in [-0.25, -0.2) is 0 Å². The number of nitrogens with one attached hydrogen (secondary N) is 2. The van der Waals surface area contributed by atoms with Gasteiger partial charge in [0.05, 0.1) is 6.54 Å². The van der Waals surface area contributed by atoms with Gasteiger partial charge < -0.3 is 20.8 Å². The number of primary amides is 1. The summed E-state index contributed by atoms with van der Waals surface area (Å²) < 4.78 is 5.45. The van der Waals surface area contributed by atoms with Crippen molar-refractivity contribution in [2.24, 2.45) is 5.73 Å². The van der Waals surface area contributed by atoms with Gasteiger partial charge in [0.25, 0.3) is 0 Å². The SMILES string of the molecule is CC(C)(C)NCc1nnc(NC(C)(C)CC(N)=O)o1. The highest BCUT2D eigenvalue weighted by atomic mass is 16.4. The number of carbonyl (C=O) groups excluding carboxylic acids is 1. The molecule has 1 aromatic heterocycles. The minimum Gasteiger partial charge on any atom is -0.407 e. The van der Waals surface area contributed by atoms with Crippen molar-refractivity contribution in [1.82, 2.24) is 15.5 Å². The lowest BCUT2D eigenvalue weighted by atomic mass is 10.0. The summed E-state index contributed by atoms with van der Waals surface area (Å²) in [6.45, 7) is 10.3. The molecule has 1 rings (SSSR count). The predicted octanol–water partition coefficient (Wildman–Crippen LogP) is 1.02. The van der Waals surface area contributed by atoms with Crippen LogP contribution < -0.4 is 16.4 Å². The number of aromatic nitrogens is 2. The van der Waals surface area contributed by atoms with E-state index in [0.717, 1.165) is 0 Å². The van der Waals surface area contributed by atoms with Crippen LogP contribution in [0.2, 0.25) is 0 Å². The van der Waals surface area contributed by atoms with Crippen LogP contribution in [0.1, 0.15) is 46.9 Å². The van der Waals surface area contributed by atoms with E-state index in [1.165, 1.54) is 0 Å². The maximum Gasteiger partial charge on any atom is 0.315 e. The highest BCUT2D eigenvalue weighted by Gasteiger charge is 2.23. The smallest absolute Gasteiger partial charge is 0.315 e. The predicted molar refractivity (Wildman–Crippen MR) is 72.4 cm³/mol. The van der Waals surface area contributed by atoms with Crippen LogP contribution in [0.25, 0.3) is 0 Å². The minimum atomic E-state index is -0.521. The van der Waals surface area contributed by atoms with Gasteiger partial charge in [0, 0.05) is 17.5 Å². The molecule has 7 heteroatoms. The van der Waals surface area contributed by atoms with Gasteiger partial charge >= 0.3 is 6.01 Å². The summed E-state index contributed by atoms with van der Waals surface area (Å²) in [7, 11) is 0. The number of anilines is 1. The normalized spacial score (nSPS) is 12.5. The van der Waals surface area contributed by atoms with Crippen molar-refractivity contribution in [3.63, 3.8) is 0 Å². The lowest BCUT2D eigenvalue weighted by molar-refractivity contribution is -0.118. The molecule has 108 valence electrons. The van der Waals surface area contributed by atoms with Gasteiger partial charge in [-0.05, 0) is 34.6 Å². The van der Waals surface area contributed by atoms with E-state index in [0.29, 0.717) is 12.4 Å². The molecule has 4 N–H and O–H groups in total. The van der Waals surface area contributed by atoms with Crippen molar-refractivity contribution < 1.29 is 9.21 Å². The number of rotatable bonds is 6. The lowest BCUT2D eigenvalue weighted by Gasteiger charge is -2.23. The number of hydrogen-bond donors (Lipinski definition) is 3. The van der Waals surface area contributed by atoms with E-state index in [4.69, 9.17) is 10.2 Å². The third-order valence-corrected chi connectivity index (χ3v) is 2.30. The molecule has 0 bridgehead atoms. The average Bonchev–Trinajstić information content (AvgIpc) is 2.58. The molecule has 7 nitrogen and oxygen atoms in total. The largest absolute Gasteiger partial charge is 0.407 e. The summed E-state index contributed by atoms with van der Waals surface area (Å²) >= 11 is 0. The second-order valence-corrected chi connectivity index (χ2v) is 6.26. The van der Waals surface area contributed by atoms with Crippen LogP contribution in [-0.4, -0.2) is 27.2 Å². The highest BCUT2D eigenvalue weighted by Crippen LogP contribution is 2.16. The fraction of sp³-hybridized carbons (Fsp3) is 0.750. The molecule has 1 aromatic rings. The van der Waals surface area contributed by atoms with Crippen LogP contribution in [-0.2, 0) is 11.3 Å². The fourth-order valence-electron chi connectivity index (χ4n) is 1.49. The van der Waals surface area contributed by atoms with E-state index in [2.05, 4.69) is 41.6 Å². The summed E-state index contributed by atoms with van der Waals surface area (Å²) in [4.78, 5) is 10.9. The zero-order valence-corrected chi connectivity index (χ0v) is 12.2. The molecule has 0 saturated heterocycles. The van der Waals surface area contributed by atoms with Crippen LogP contribution in [0, 0.1) is 0 Å². The molecule has 0 aromatic carbocycles. The van der Waals surface area contributed by atoms with E-state index in [-0.39, 0.29) is 23.9 Å². The van der Waals surface area contributed by atoms with Gasteiger partial charge in [0.2, 0.25) is 11.8 Å². The van der Waals surface area contributed by atoms with E-state index < -0.39 is 5.54 Å². The van der Waals surface area contributed by atoms with Crippen LogP contribution >= 0.6 is 0 Å². The van der Waals surface area contributed by atoms with Crippen LogP contribution in [0.3, 0.4) is 0 Å². The first-order valence-electron chi connectivity index (χ1n) is 6.21. The van der Waals surface area contributed by atoms with Crippen molar-refractivity contribution >= 4 is 11.9 Å². The Labute approximate surface area is 113 Å². The molecule has 0 aliphatic rings. The summed E-state index contributed by atoms with van der Waals surface area (Å²) in [6, 6.07) is 0.289. The molecule has 1 amide bonds. The fourth-order valence-corrected chi connectivity index (χ4v) is 1.49. The number of amides is 1. The molecule has 0 aliphatic carbocycles. The van der Waals surface area contributed by atoms with E-state index in [1.807, 2.05) is 13.8 Å². The number of nitrogens with zero attached hydrogens (tertiary/aromatic N) is 2. The van der Waals surface area contributed by atoms with Gasteiger partial charge in [-0.15, -0.1) is 5.10 Å². The van der Waals surface area contributed by atoms with Gasteiger partial charge in [-0.2, -0.15) is 0 Å². The van der Waals surface area contributed by atoms with Crippen molar-refractivity contribution in [3.05, 3.63) is 5.89 Å². The standard InChI is InChI=1S/C12H23N5O2/c1-11(2,3)14-7-9-16-17-10(19-9)15-12(4,5)6-8(13)18/h14H,6-7H2,1-5H3,(H2,13,18)(H,15,17). The van der Waals surface area contributed by atoms with Crippen molar-refractivity contribution in [1.29, 1.82) is 0 Å². The molecule has 0 radical (unpaired) electrons. The first-order chi connectivity index (χ1) is 8.57. The molecule has 0 fully saturated rings. The summed E-state index contributed by atoms with van der Waals surface area (Å²) in [5.41, 5.74) is 4.64. The van der Waals surface area contributed by atoms with Crippen LogP contribution in [0.5, 0.6) is 0 Å². The minimum absolute atomic E-state index is 0.0205. The van der Waals surface area contributed by atoms with E-state index >= 15 is 0 Å². The van der Waals surface area contributed by atoms with Crippen molar-refractivity contribution in [2.45, 2.75) is 58.7 Å². The summed E-state index contributed by atoms with van der Waals surface area (Å²) in [5.74, 6) is 0.110. The second kappa shape index (κ2) is 5.56. The molecule has 0 saturated carbocycles. The Balaban J connectivity index is 2.57. The van der Waals surface area contributed by atoms with Crippen molar-refractivity contribution in [2.75, 3.05) is 5.32 Å². The Morgan fingerprint density at radius 2 is 1.89 bits per heavy atom. The Morgan fingerprint density at radius 3 is 2.42 bits per heavy atom. The molecule has 0 aliphatic heterocycles. The monoisotopic (exact) mass is 269 g/mol. The first-order valence-corrected chi connectivity index (χ1v) is 6.21. The van der Waals surface area contributed by atoms with E-state index in [1.54, 1.807) is 0 Å². The quantitative estimate of drug-likeness (QED) is 0.712. The van der Waals surface area contributed by atoms with Gasteiger partial charge in [0.1, 0.15) is 0 Å². The van der Waals surface area contributed by atoms with E-state index in [9.17, 15) is 4.79 Å². The third kappa shape index (κ3) is 6.19. The van der Waals surface area contributed by atoms with Crippen molar-refractivity contribution in [3.8, 4) is 0 Å². The molecule has 19 heavy (non-hydrogen) atoms. The van der Waals surface area contributed by atoms with Crippen LogP contribution in [0.15, 0.2) is 4.42 Å². The molecule has 0 atom stereocenters. The first kappa shape index (κ1) is 15.4. The maximum absolute atomic E-state index is 10.9. The zero-order chi connectivity index (χ0) is 14.7. The number of hydrogen-bond acceptors (Lipinski definition) is 6. The average molecular weight is 269 g/mol. The van der Waals surface area contributed by atoms with Gasteiger partial charge in [-0.1, -0.05) is 5.10 Å². The van der Waals surface area contributed by atoms with Crippen LogP contribution in [0.4, 0.5) is 6.01 Å². The summed E-state index contributed by atoms with van der Waals surface area (Å²) in [5, 5.41) is 14.1. The third-order valence-electron chi connectivity index (χ3n) is 2.30. The highest BCUT2D eigenvalue weighted by molar-refractivity contribution is 5.75. The summed E-state index contributed by atoms with van der Waals surface area (Å²) in [6.07, 6.45) is 0.185. The lowest BCUT2D eigenvalue weighted by Crippen LogP contribution is -2.36. The van der Waals surface area contributed by atoms with Gasteiger partial charge in [-0.3, -0.25) is 4.79 Å². The molecule has 0 unspecified atom stereocenters. The Bertz CT molecular complexity index is 434. The maximum atomic E-state index is 10.9. The number of carbonyl (C=O) groups is 1. The molecular formula is C12H23N5O2. The van der Waals surface area contributed by atoms with Gasteiger partial charge in [0.15, 0.2) is 0 Å². The topological polar surface area (TPSA) is 106 Å². The Morgan fingerprint density at radius 1 is 1.26 bits per heavy atom. The second-order valence-electron chi connectivity index (χ2n) is 6.26. The zero-order valence-electron chi connectivity index (χ0n) is 12.2. The molecular weight excluding hydrogens is 246 g/mol. The molecule has 1 heterocycles. The molecule has 0 spiro atoms.